The number of hydrogen-bond acceptors (Lipinski definition) is 3. The molecular weight excluding hydrogens is 338 g/mol. The van der Waals surface area contributed by atoms with E-state index in [0.717, 1.165) is 19.5 Å². The van der Waals surface area contributed by atoms with Crippen LogP contribution in [-0.2, 0) is 0 Å². The van der Waals surface area contributed by atoms with Gasteiger partial charge in [0.15, 0.2) is 0 Å². The minimum absolute atomic E-state index is 0.0683. The fourth-order valence-electron chi connectivity index (χ4n) is 3.82. The Morgan fingerprint density at radius 3 is 2.63 bits per heavy atom. The fourth-order valence-corrected chi connectivity index (χ4v) is 3.82. The average Bonchev–Trinajstić information content (AvgIpc) is 3.18. The Kier molecular flexibility index (Phi) is 6.35. The molecule has 0 aromatic heterocycles. The first-order valence-corrected chi connectivity index (χ1v) is 9.63. The van der Waals surface area contributed by atoms with Crippen LogP contribution in [0, 0.1) is 0 Å². The summed E-state index contributed by atoms with van der Waals surface area (Å²) in [6, 6.07) is 18.6. The SMILES string of the molecule is CCN(C(=O)Nc1ccccc1OC)C1CCN(C(C)c2ccccc2)C1. The van der Waals surface area contributed by atoms with Crippen LogP contribution in [0.3, 0.4) is 0 Å². The summed E-state index contributed by atoms with van der Waals surface area (Å²) in [7, 11) is 1.61. The van der Waals surface area contributed by atoms with Gasteiger partial charge in [0.2, 0.25) is 0 Å². The summed E-state index contributed by atoms with van der Waals surface area (Å²) in [6.45, 7) is 6.84. The molecule has 27 heavy (non-hydrogen) atoms. The maximum Gasteiger partial charge on any atom is 0.322 e. The largest absolute Gasteiger partial charge is 0.495 e. The number of carbonyl (C=O) groups excluding carboxylic acids is 1. The van der Waals surface area contributed by atoms with E-state index in [2.05, 4.69) is 41.4 Å². The molecule has 2 unspecified atom stereocenters. The van der Waals surface area contributed by atoms with Crippen LogP contribution in [0.5, 0.6) is 5.75 Å². The van der Waals surface area contributed by atoms with Gasteiger partial charge in [-0.1, -0.05) is 42.5 Å². The van der Waals surface area contributed by atoms with Gasteiger partial charge in [-0.25, -0.2) is 4.79 Å². The second-order valence-corrected chi connectivity index (χ2v) is 6.94. The Bertz CT molecular complexity index is 750. The molecule has 0 saturated carbocycles. The van der Waals surface area contributed by atoms with E-state index >= 15 is 0 Å². The lowest BCUT2D eigenvalue weighted by atomic mass is 10.1. The van der Waals surface area contributed by atoms with Crippen molar-refractivity contribution in [2.45, 2.75) is 32.4 Å². The molecular formula is C22H29N3O2. The first-order chi connectivity index (χ1) is 13.1. The van der Waals surface area contributed by atoms with Crippen LogP contribution < -0.4 is 10.1 Å². The molecule has 1 heterocycles. The van der Waals surface area contributed by atoms with Crippen LogP contribution >= 0.6 is 0 Å². The Morgan fingerprint density at radius 1 is 1.22 bits per heavy atom. The lowest BCUT2D eigenvalue weighted by Gasteiger charge is -2.30. The first-order valence-electron chi connectivity index (χ1n) is 9.63. The maximum absolute atomic E-state index is 12.9. The molecule has 2 aromatic carbocycles. The van der Waals surface area contributed by atoms with Crippen molar-refractivity contribution in [2.75, 3.05) is 32.1 Å². The van der Waals surface area contributed by atoms with Crippen LogP contribution in [0.1, 0.15) is 31.9 Å². The highest BCUT2D eigenvalue weighted by atomic mass is 16.5. The third-order valence-electron chi connectivity index (χ3n) is 5.42. The highest BCUT2D eigenvalue weighted by Gasteiger charge is 2.32. The molecule has 144 valence electrons. The van der Waals surface area contributed by atoms with Gasteiger partial charge in [-0.3, -0.25) is 4.90 Å². The van der Waals surface area contributed by atoms with Gasteiger partial charge in [0.25, 0.3) is 0 Å². The van der Waals surface area contributed by atoms with Gasteiger partial charge in [-0.05, 0) is 38.0 Å². The van der Waals surface area contributed by atoms with Crippen molar-refractivity contribution in [3.63, 3.8) is 0 Å². The lowest BCUT2D eigenvalue weighted by molar-refractivity contribution is 0.183. The predicted molar refractivity (Wildman–Crippen MR) is 109 cm³/mol. The smallest absolute Gasteiger partial charge is 0.322 e. The van der Waals surface area contributed by atoms with Crippen LogP contribution in [0.15, 0.2) is 54.6 Å². The number of hydrogen-bond donors (Lipinski definition) is 1. The number of likely N-dealkylation sites (N-methyl/N-ethyl adjacent to an activating group) is 1. The zero-order valence-corrected chi connectivity index (χ0v) is 16.4. The van der Waals surface area contributed by atoms with E-state index < -0.39 is 0 Å². The van der Waals surface area contributed by atoms with Gasteiger partial charge >= 0.3 is 6.03 Å². The summed E-state index contributed by atoms with van der Waals surface area (Å²) in [5.41, 5.74) is 2.02. The molecule has 0 radical (unpaired) electrons. The zero-order chi connectivity index (χ0) is 19.2. The molecule has 1 saturated heterocycles. The fraction of sp³-hybridized carbons (Fsp3) is 0.409. The Labute approximate surface area is 161 Å². The number of anilines is 1. The highest BCUT2D eigenvalue weighted by molar-refractivity contribution is 5.91. The zero-order valence-electron chi connectivity index (χ0n) is 16.4. The number of likely N-dealkylation sites (tertiary alicyclic amines) is 1. The summed E-state index contributed by atoms with van der Waals surface area (Å²) < 4.78 is 5.34. The lowest BCUT2D eigenvalue weighted by Crippen LogP contribution is -2.44. The number of carbonyl (C=O) groups is 1. The minimum Gasteiger partial charge on any atom is -0.495 e. The van der Waals surface area contributed by atoms with Crippen molar-refractivity contribution in [2.24, 2.45) is 0 Å². The molecule has 0 bridgehead atoms. The summed E-state index contributed by atoms with van der Waals surface area (Å²) in [6.07, 6.45) is 0.990. The van der Waals surface area contributed by atoms with Crippen LogP contribution in [-0.4, -0.2) is 48.6 Å². The van der Waals surface area contributed by atoms with E-state index in [0.29, 0.717) is 24.0 Å². The van der Waals surface area contributed by atoms with E-state index in [1.54, 1.807) is 7.11 Å². The molecule has 2 atom stereocenters. The van der Waals surface area contributed by atoms with Crippen molar-refractivity contribution >= 4 is 11.7 Å². The van der Waals surface area contributed by atoms with Crippen LogP contribution in [0.2, 0.25) is 0 Å². The quantitative estimate of drug-likeness (QED) is 0.824. The summed E-state index contributed by atoms with van der Waals surface area (Å²) in [5.74, 6) is 0.674. The Hall–Kier alpha value is -2.53. The monoisotopic (exact) mass is 367 g/mol. The van der Waals surface area contributed by atoms with E-state index in [9.17, 15) is 4.79 Å². The van der Waals surface area contributed by atoms with Crippen molar-refractivity contribution in [3.05, 3.63) is 60.2 Å². The van der Waals surface area contributed by atoms with E-state index in [1.807, 2.05) is 42.2 Å². The van der Waals surface area contributed by atoms with E-state index in [-0.39, 0.29) is 12.1 Å². The molecule has 3 rings (SSSR count). The Morgan fingerprint density at radius 2 is 1.93 bits per heavy atom. The highest BCUT2D eigenvalue weighted by Crippen LogP contribution is 2.28. The molecule has 1 N–H and O–H groups in total. The number of ether oxygens (including phenoxy) is 1. The number of nitrogens with zero attached hydrogens (tertiary/aromatic N) is 2. The normalized spacial score (nSPS) is 18.1. The minimum atomic E-state index is -0.0683. The van der Waals surface area contributed by atoms with E-state index in [4.69, 9.17) is 4.74 Å². The van der Waals surface area contributed by atoms with Crippen LogP contribution in [0.4, 0.5) is 10.5 Å². The van der Waals surface area contributed by atoms with Crippen molar-refractivity contribution in [1.29, 1.82) is 0 Å². The summed E-state index contributed by atoms with van der Waals surface area (Å²) in [4.78, 5) is 17.3. The van der Waals surface area contributed by atoms with Gasteiger partial charge in [0.05, 0.1) is 12.8 Å². The second kappa shape index (κ2) is 8.91. The average molecular weight is 367 g/mol. The third-order valence-corrected chi connectivity index (χ3v) is 5.42. The van der Waals surface area contributed by atoms with Crippen LogP contribution in [0.25, 0.3) is 0 Å². The van der Waals surface area contributed by atoms with Crippen molar-refractivity contribution in [1.82, 2.24) is 9.80 Å². The number of amides is 2. The third kappa shape index (κ3) is 4.42. The number of urea groups is 1. The summed E-state index contributed by atoms with van der Waals surface area (Å²) in [5, 5.41) is 3.01. The molecule has 1 aliphatic heterocycles. The molecule has 0 aliphatic carbocycles. The molecule has 1 aliphatic rings. The van der Waals surface area contributed by atoms with Gasteiger partial charge in [0.1, 0.15) is 5.75 Å². The second-order valence-electron chi connectivity index (χ2n) is 6.94. The number of nitrogens with one attached hydrogen (secondary N) is 1. The standard InChI is InChI=1S/C22H29N3O2/c1-4-25(22(26)23-20-12-8-9-13-21(20)27-3)19-14-15-24(16-19)17(2)18-10-6-5-7-11-18/h5-13,17,19H,4,14-16H2,1-3H3,(H,23,26). The molecule has 5 nitrogen and oxygen atoms in total. The number of benzene rings is 2. The van der Waals surface area contributed by atoms with Gasteiger partial charge < -0.3 is 15.0 Å². The van der Waals surface area contributed by atoms with E-state index in [1.165, 1.54) is 5.56 Å². The maximum atomic E-state index is 12.9. The molecule has 5 heteroatoms. The molecule has 1 fully saturated rings. The Balaban J connectivity index is 1.65. The summed E-state index contributed by atoms with van der Waals surface area (Å²) >= 11 is 0. The topological polar surface area (TPSA) is 44.8 Å². The van der Waals surface area contributed by atoms with Crippen molar-refractivity contribution in [3.8, 4) is 5.75 Å². The van der Waals surface area contributed by atoms with Gasteiger partial charge in [-0.2, -0.15) is 0 Å². The number of methoxy groups -OCH3 is 1. The molecule has 2 aromatic rings. The first kappa shape index (κ1) is 19.2. The van der Waals surface area contributed by atoms with Crippen molar-refractivity contribution < 1.29 is 9.53 Å². The molecule has 2 amide bonds. The van der Waals surface area contributed by atoms with Gasteiger partial charge in [-0.15, -0.1) is 0 Å². The predicted octanol–water partition coefficient (Wildman–Crippen LogP) is 4.38. The molecule has 0 spiro atoms. The number of rotatable bonds is 6. The van der Waals surface area contributed by atoms with Gasteiger partial charge in [0, 0.05) is 31.7 Å². The number of para-hydroxylation sites is 2.